The number of hydrogen-bond acceptors (Lipinski definition) is 2. The van der Waals surface area contributed by atoms with Gasteiger partial charge in [0.25, 0.3) is 0 Å². The first-order chi connectivity index (χ1) is 7.72. The van der Waals surface area contributed by atoms with E-state index in [9.17, 15) is 0 Å². The van der Waals surface area contributed by atoms with Gasteiger partial charge in [-0.15, -0.1) is 0 Å². The normalized spacial score (nSPS) is 10.7. The molecule has 0 unspecified atom stereocenters. The van der Waals surface area contributed by atoms with Crippen LogP contribution >= 0.6 is 0 Å². The molecule has 2 aromatic rings. The molecule has 16 heavy (non-hydrogen) atoms. The Kier molecular flexibility index (Phi) is 3.06. The van der Waals surface area contributed by atoms with E-state index in [1.807, 2.05) is 24.7 Å². The van der Waals surface area contributed by atoms with Crippen molar-refractivity contribution in [1.29, 1.82) is 0 Å². The fourth-order valence-electron chi connectivity index (χ4n) is 1.93. The minimum Gasteiger partial charge on any atom is -0.316 e. The van der Waals surface area contributed by atoms with Crippen LogP contribution in [-0.4, -0.2) is 16.8 Å². The van der Waals surface area contributed by atoms with E-state index in [0.29, 0.717) is 0 Å². The molecule has 0 saturated heterocycles. The van der Waals surface area contributed by atoms with Crippen LogP contribution in [0.4, 0.5) is 0 Å². The van der Waals surface area contributed by atoms with E-state index in [1.165, 1.54) is 11.3 Å². The minimum atomic E-state index is 0.856. The molecule has 0 bridgehead atoms. The van der Waals surface area contributed by atoms with E-state index in [0.717, 1.165) is 17.9 Å². The fourth-order valence-corrected chi connectivity index (χ4v) is 1.93. The molecule has 0 atom stereocenters. The van der Waals surface area contributed by atoms with Crippen LogP contribution in [0, 0.1) is 13.8 Å². The molecular formula is C13H17N3. The first-order valence-corrected chi connectivity index (χ1v) is 5.48. The average Bonchev–Trinajstić information content (AvgIpc) is 2.59. The summed E-state index contributed by atoms with van der Waals surface area (Å²) in [6, 6.07) is 10.4. The third-order valence-corrected chi connectivity index (χ3v) is 2.60. The van der Waals surface area contributed by atoms with Gasteiger partial charge in [-0.25, -0.2) is 4.68 Å². The van der Waals surface area contributed by atoms with Gasteiger partial charge in [0.2, 0.25) is 0 Å². The predicted octanol–water partition coefficient (Wildman–Crippen LogP) is 2.21. The van der Waals surface area contributed by atoms with Crippen molar-refractivity contribution in [2.24, 2.45) is 0 Å². The smallest absolute Gasteiger partial charge is 0.0693 e. The number of aromatic nitrogens is 2. The van der Waals surface area contributed by atoms with Crippen molar-refractivity contribution in [2.75, 3.05) is 7.05 Å². The molecule has 3 nitrogen and oxygen atoms in total. The first-order valence-electron chi connectivity index (χ1n) is 5.48. The SMILES string of the molecule is CNCc1ccccc1-n1nc(C)cc1C. The molecule has 0 saturated carbocycles. The van der Waals surface area contributed by atoms with Gasteiger partial charge in [-0.3, -0.25) is 0 Å². The predicted molar refractivity (Wildman–Crippen MR) is 65.8 cm³/mol. The van der Waals surface area contributed by atoms with Gasteiger partial charge in [0.1, 0.15) is 0 Å². The summed E-state index contributed by atoms with van der Waals surface area (Å²) < 4.78 is 2.00. The Bertz CT molecular complexity index is 486. The Morgan fingerprint density at radius 2 is 2.00 bits per heavy atom. The number of aryl methyl sites for hydroxylation is 2. The molecule has 0 amide bonds. The van der Waals surface area contributed by atoms with Crippen LogP contribution in [0.25, 0.3) is 5.69 Å². The first kappa shape index (κ1) is 10.9. The zero-order valence-electron chi connectivity index (χ0n) is 9.99. The van der Waals surface area contributed by atoms with Gasteiger partial charge in [-0.2, -0.15) is 5.10 Å². The highest BCUT2D eigenvalue weighted by Gasteiger charge is 2.07. The lowest BCUT2D eigenvalue weighted by molar-refractivity contribution is 0.775. The summed E-state index contributed by atoms with van der Waals surface area (Å²) in [5, 5.41) is 7.69. The van der Waals surface area contributed by atoms with Crippen LogP contribution in [0.5, 0.6) is 0 Å². The monoisotopic (exact) mass is 215 g/mol. The van der Waals surface area contributed by atoms with E-state index in [4.69, 9.17) is 0 Å². The summed E-state index contributed by atoms with van der Waals surface area (Å²) in [5.74, 6) is 0. The molecule has 1 heterocycles. The van der Waals surface area contributed by atoms with E-state index in [2.05, 4.69) is 41.6 Å². The van der Waals surface area contributed by atoms with E-state index < -0.39 is 0 Å². The standard InChI is InChI=1S/C13H17N3/c1-10-8-11(2)16(15-10)13-7-5-4-6-12(13)9-14-3/h4-8,14H,9H2,1-3H3. The number of nitrogens with zero attached hydrogens (tertiary/aromatic N) is 2. The molecule has 0 fully saturated rings. The van der Waals surface area contributed by atoms with Crippen LogP contribution in [0.15, 0.2) is 30.3 Å². The Morgan fingerprint density at radius 1 is 1.25 bits per heavy atom. The van der Waals surface area contributed by atoms with Crippen LogP contribution < -0.4 is 5.32 Å². The Hall–Kier alpha value is -1.61. The third-order valence-electron chi connectivity index (χ3n) is 2.60. The molecule has 3 heteroatoms. The maximum absolute atomic E-state index is 4.51. The van der Waals surface area contributed by atoms with Crippen molar-refractivity contribution in [3.63, 3.8) is 0 Å². The molecule has 0 aliphatic carbocycles. The Morgan fingerprint density at radius 3 is 2.62 bits per heavy atom. The third kappa shape index (κ3) is 1.99. The molecule has 1 aromatic heterocycles. The summed E-state index contributed by atoms with van der Waals surface area (Å²) in [7, 11) is 1.96. The minimum absolute atomic E-state index is 0.856. The highest BCUT2D eigenvalue weighted by Crippen LogP contribution is 2.16. The molecule has 84 valence electrons. The second-order valence-electron chi connectivity index (χ2n) is 4.00. The fraction of sp³-hybridized carbons (Fsp3) is 0.308. The number of rotatable bonds is 3. The Balaban J connectivity index is 2.50. The summed E-state index contributed by atoms with van der Waals surface area (Å²) >= 11 is 0. The van der Waals surface area contributed by atoms with Gasteiger partial charge in [-0.05, 0) is 38.6 Å². The van der Waals surface area contributed by atoms with E-state index >= 15 is 0 Å². The highest BCUT2D eigenvalue weighted by atomic mass is 15.3. The lowest BCUT2D eigenvalue weighted by atomic mass is 10.1. The number of benzene rings is 1. The van der Waals surface area contributed by atoms with Gasteiger partial charge < -0.3 is 5.32 Å². The van der Waals surface area contributed by atoms with Gasteiger partial charge in [0.05, 0.1) is 11.4 Å². The summed E-state index contributed by atoms with van der Waals surface area (Å²) in [6.45, 7) is 4.95. The topological polar surface area (TPSA) is 29.9 Å². The molecule has 1 aromatic carbocycles. The van der Waals surface area contributed by atoms with Gasteiger partial charge in [0.15, 0.2) is 0 Å². The van der Waals surface area contributed by atoms with Crippen molar-refractivity contribution >= 4 is 0 Å². The summed E-state index contributed by atoms with van der Waals surface area (Å²) in [5.41, 5.74) is 4.64. The number of hydrogen-bond donors (Lipinski definition) is 1. The lowest BCUT2D eigenvalue weighted by Gasteiger charge is -2.10. The quantitative estimate of drug-likeness (QED) is 0.850. The van der Waals surface area contributed by atoms with Gasteiger partial charge in [0, 0.05) is 12.2 Å². The van der Waals surface area contributed by atoms with Crippen molar-refractivity contribution in [2.45, 2.75) is 20.4 Å². The maximum atomic E-state index is 4.51. The lowest BCUT2D eigenvalue weighted by Crippen LogP contribution is -2.10. The van der Waals surface area contributed by atoms with Crippen LogP contribution in [0.3, 0.4) is 0 Å². The average molecular weight is 215 g/mol. The van der Waals surface area contributed by atoms with Gasteiger partial charge in [-0.1, -0.05) is 18.2 Å². The second kappa shape index (κ2) is 4.49. The second-order valence-corrected chi connectivity index (χ2v) is 4.00. The Labute approximate surface area is 96.1 Å². The highest BCUT2D eigenvalue weighted by molar-refractivity contribution is 5.41. The molecule has 0 radical (unpaired) electrons. The van der Waals surface area contributed by atoms with E-state index in [-0.39, 0.29) is 0 Å². The number of para-hydroxylation sites is 1. The largest absolute Gasteiger partial charge is 0.316 e. The van der Waals surface area contributed by atoms with Crippen molar-refractivity contribution < 1.29 is 0 Å². The number of nitrogens with one attached hydrogen (secondary N) is 1. The van der Waals surface area contributed by atoms with Crippen LogP contribution in [-0.2, 0) is 6.54 Å². The molecule has 0 aliphatic rings. The van der Waals surface area contributed by atoms with Crippen molar-refractivity contribution in [3.8, 4) is 5.69 Å². The maximum Gasteiger partial charge on any atom is 0.0693 e. The molecule has 2 rings (SSSR count). The van der Waals surface area contributed by atoms with Crippen LogP contribution in [0.1, 0.15) is 17.0 Å². The van der Waals surface area contributed by atoms with Crippen molar-refractivity contribution in [1.82, 2.24) is 15.1 Å². The van der Waals surface area contributed by atoms with Crippen molar-refractivity contribution in [3.05, 3.63) is 47.3 Å². The zero-order chi connectivity index (χ0) is 11.5. The van der Waals surface area contributed by atoms with E-state index in [1.54, 1.807) is 0 Å². The summed E-state index contributed by atoms with van der Waals surface area (Å²) in [4.78, 5) is 0. The molecular weight excluding hydrogens is 198 g/mol. The zero-order valence-corrected chi connectivity index (χ0v) is 9.99. The van der Waals surface area contributed by atoms with Gasteiger partial charge >= 0.3 is 0 Å². The molecule has 1 N–H and O–H groups in total. The molecule has 0 aliphatic heterocycles. The summed E-state index contributed by atoms with van der Waals surface area (Å²) in [6.07, 6.45) is 0. The molecule has 0 spiro atoms. The van der Waals surface area contributed by atoms with Crippen LogP contribution in [0.2, 0.25) is 0 Å².